The highest BCUT2D eigenvalue weighted by Crippen LogP contribution is 2.25. The molecule has 86 valence electrons. The summed E-state index contributed by atoms with van der Waals surface area (Å²) >= 11 is 0. The second kappa shape index (κ2) is 4.12. The molecule has 0 radical (unpaired) electrons. The van der Waals surface area contributed by atoms with Crippen LogP contribution in [0.25, 0.3) is 0 Å². The summed E-state index contributed by atoms with van der Waals surface area (Å²) < 4.78 is 0. The fraction of sp³-hybridized carbons (Fsp3) is 0.500. The van der Waals surface area contributed by atoms with Gasteiger partial charge in [0.1, 0.15) is 0 Å². The molecule has 0 amide bonds. The molecule has 0 atom stereocenters. The molecular weight excluding hydrogens is 204 g/mol. The van der Waals surface area contributed by atoms with Gasteiger partial charge >= 0.3 is 5.97 Å². The molecule has 0 aliphatic carbocycles. The van der Waals surface area contributed by atoms with Crippen LogP contribution in [0.15, 0.2) is 18.3 Å². The van der Waals surface area contributed by atoms with Gasteiger partial charge < -0.3 is 10.0 Å². The molecule has 1 aromatic rings. The van der Waals surface area contributed by atoms with Gasteiger partial charge in [-0.2, -0.15) is 0 Å². The summed E-state index contributed by atoms with van der Waals surface area (Å²) in [6, 6.07) is 4.02. The maximum Gasteiger partial charge on any atom is 0.310 e. The van der Waals surface area contributed by atoms with Gasteiger partial charge in [0.25, 0.3) is 0 Å². The Hall–Kier alpha value is -1.58. The lowest BCUT2D eigenvalue weighted by Crippen LogP contribution is -2.50. The molecule has 1 aliphatic heterocycles. The SMILES string of the molecule is CC(C)c1ccc(N2CC(C(=O)O)C2)cn1. The fourth-order valence-corrected chi connectivity index (χ4v) is 1.77. The monoisotopic (exact) mass is 220 g/mol. The van der Waals surface area contributed by atoms with E-state index in [0.29, 0.717) is 19.0 Å². The van der Waals surface area contributed by atoms with Crippen molar-refractivity contribution in [3.8, 4) is 0 Å². The number of aliphatic carboxylic acids is 1. The first-order chi connectivity index (χ1) is 7.58. The van der Waals surface area contributed by atoms with Crippen LogP contribution in [0.3, 0.4) is 0 Å². The molecule has 4 heteroatoms. The Morgan fingerprint density at radius 2 is 2.19 bits per heavy atom. The van der Waals surface area contributed by atoms with Gasteiger partial charge in [-0.1, -0.05) is 13.8 Å². The summed E-state index contributed by atoms with van der Waals surface area (Å²) in [5, 5.41) is 8.77. The van der Waals surface area contributed by atoms with E-state index in [-0.39, 0.29) is 5.92 Å². The number of hydrogen-bond donors (Lipinski definition) is 1. The number of carboxylic acids is 1. The third-order valence-electron chi connectivity index (χ3n) is 2.96. The highest BCUT2D eigenvalue weighted by molar-refractivity contribution is 5.74. The molecule has 0 unspecified atom stereocenters. The Morgan fingerprint density at radius 3 is 2.62 bits per heavy atom. The van der Waals surface area contributed by atoms with E-state index >= 15 is 0 Å². The van der Waals surface area contributed by atoms with Crippen molar-refractivity contribution >= 4 is 11.7 Å². The highest BCUT2D eigenvalue weighted by atomic mass is 16.4. The summed E-state index contributed by atoms with van der Waals surface area (Å²) in [5.41, 5.74) is 2.08. The van der Waals surface area contributed by atoms with Crippen molar-refractivity contribution in [3.05, 3.63) is 24.0 Å². The van der Waals surface area contributed by atoms with Crippen LogP contribution in [0.4, 0.5) is 5.69 Å². The van der Waals surface area contributed by atoms with Crippen LogP contribution in [0.5, 0.6) is 0 Å². The molecule has 2 heterocycles. The Kier molecular flexibility index (Phi) is 2.81. The average Bonchev–Trinajstić information content (AvgIpc) is 2.15. The number of nitrogens with zero attached hydrogens (tertiary/aromatic N) is 2. The zero-order valence-corrected chi connectivity index (χ0v) is 9.55. The third-order valence-corrected chi connectivity index (χ3v) is 2.96. The lowest BCUT2D eigenvalue weighted by atomic mass is 10.00. The molecule has 1 N–H and O–H groups in total. The average molecular weight is 220 g/mol. The molecular formula is C12H16N2O2. The molecule has 0 aromatic carbocycles. The van der Waals surface area contributed by atoms with Crippen molar-refractivity contribution < 1.29 is 9.90 Å². The molecule has 0 bridgehead atoms. The van der Waals surface area contributed by atoms with Crippen LogP contribution in [-0.2, 0) is 4.79 Å². The zero-order valence-electron chi connectivity index (χ0n) is 9.55. The van der Waals surface area contributed by atoms with E-state index in [1.54, 1.807) is 0 Å². The van der Waals surface area contributed by atoms with Crippen LogP contribution >= 0.6 is 0 Å². The van der Waals surface area contributed by atoms with E-state index in [4.69, 9.17) is 5.11 Å². The maximum absolute atomic E-state index is 10.7. The topological polar surface area (TPSA) is 53.4 Å². The number of hydrogen-bond acceptors (Lipinski definition) is 3. The molecule has 4 nitrogen and oxygen atoms in total. The van der Waals surface area contributed by atoms with Gasteiger partial charge in [-0.05, 0) is 18.1 Å². The van der Waals surface area contributed by atoms with Crippen LogP contribution in [-0.4, -0.2) is 29.1 Å². The first-order valence-corrected chi connectivity index (χ1v) is 5.51. The van der Waals surface area contributed by atoms with E-state index < -0.39 is 5.97 Å². The minimum atomic E-state index is -0.706. The van der Waals surface area contributed by atoms with E-state index in [1.807, 2.05) is 23.2 Å². The first-order valence-electron chi connectivity index (χ1n) is 5.51. The number of carbonyl (C=O) groups is 1. The second-order valence-electron chi connectivity index (χ2n) is 4.54. The third kappa shape index (κ3) is 2.01. The summed E-state index contributed by atoms with van der Waals surface area (Å²) in [6.45, 7) is 5.40. The van der Waals surface area contributed by atoms with E-state index in [0.717, 1.165) is 11.4 Å². The summed E-state index contributed by atoms with van der Waals surface area (Å²) in [6.07, 6.45) is 1.83. The van der Waals surface area contributed by atoms with Crippen LogP contribution in [0.1, 0.15) is 25.5 Å². The standard InChI is InChI=1S/C12H16N2O2/c1-8(2)11-4-3-10(5-13-11)14-6-9(7-14)12(15)16/h3-5,8-9H,6-7H2,1-2H3,(H,15,16). The summed E-state index contributed by atoms with van der Waals surface area (Å²) in [7, 11) is 0. The van der Waals surface area contributed by atoms with Crippen molar-refractivity contribution in [3.63, 3.8) is 0 Å². The van der Waals surface area contributed by atoms with Gasteiger partial charge in [0.2, 0.25) is 0 Å². The molecule has 2 rings (SSSR count). The number of rotatable bonds is 3. The van der Waals surface area contributed by atoms with Crippen molar-refractivity contribution in [2.24, 2.45) is 5.92 Å². The van der Waals surface area contributed by atoms with E-state index in [9.17, 15) is 4.79 Å². The van der Waals surface area contributed by atoms with Crippen LogP contribution in [0, 0.1) is 5.92 Å². The predicted molar refractivity (Wildman–Crippen MR) is 61.7 cm³/mol. The minimum absolute atomic E-state index is 0.218. The number of pyridine rings is 1. The number of carboxylic acid groups (broad SMARTS) is 1. The summed E-state index contributed by atoms with van der Waals surface area (Å²) in [5.74, 6) is -0.495. The zero-order chi connectivity index (χ0) is 11.7. The number of anilines is 1. The molecule has 0 saturated carbocycles. The van der Waals surface area contributed by atoms with Crippen molar-refractivity contribution in [1.29, 1.82) is 0 Å². The Morgan fingerprint density at radius 1 is 1.50 bits per heavy atom. The Bertz CT molecular complexity index is 381. The Balaban J connectivity index is 1.99. The normalized spacial score (nSPS) is 16.3. The van der Waals surface area contributed by atoms with E-state index in [2.05, 4.69) is 18.8 Å². The molecule has 1 aliphatic rings. The predicted octanol–water partition coefficient (Wildman–Crippen LogP) is 1.73. The summed E-state index contributed by atoms with van der Waals surface area (Å²) in [4.78, 5) is 17.1. The van der Waals surface area contributed by atoms with Gasteiger partial charge in [0.05, 0.1) is 17.8 Å². The molecule has 1 fully saturated rings. The molecule has 0 spiro atoms. The maximum atomic E-state index is 10.7. The fourth-order valence-electron chi connectivity index (χ4n) is 1.77. The lowest BCUT2D eigenvalue weighted by molar-refractivity contribution is -0.142. The minimum Gasteiger partial charge on any atom is -0.481 e. The Labute approximate surface area is 94.9 Å². The van der Waals surface area contributed by atoms with Crippen molar-refractivity contribution in [2.75, 3.05) is 18.0 Å². The van der Waals surface area contributed by atoms with Crippen molar-refractivity contribution in [1.82, 2.24) is 4.98 Å². The lowest BCUT2D eigenvalue weighted by Gasteiger charge is -2.38. The molecule has 16 heavy (non-hydrogen) atoms. The van der Waals surface area contributed by atoms with Gasteiger partial charge in [-0.15, -0.1) is 0 Å². The van der Waals surface area contributed by atoms with Crippen LogP contribution < -0.4 is 4.90 Å². The second-order valence-corrected chi connectivity index (χ2v) is 4.54. The van der Waals surface area contributed by atoms with Gasteiger partial charge in [-0.25, -0.2) is 0 Å². The highest BCUT2D eigenvalue weighted by Gasteiger charge is 2.32. The van der Waals surface area contributed by atoms with E-state index in [1.165, 1.54) is 0 Å². The smallest absolute Gasteiger partial charge is 0.310 e. The molecule has 1 aromatic heterocycles. The van der Waals surface area contributed by atoms with Gasteiger partial charge in [0.15, 0.2) is 0 Å². The van der Waals surface area contributed by atoms with Crippen molar-refractivity contribution in [2.45, 2.75) is 19.8 Å². The van der Waals surface area contributed by atoms with Gasteiger partial charge in [0, 0.05) is 18.8 Å². The van der Waals surface area contributed by atoms with Gasteiger partial charge in [-0.3, -0.25) is 9.78 Å². The van der Waals surface area contributed by atoms with Crippen LogP contribution in [0.2, 0.25) is 0 Å². The molecule has 1 saturated heterocycles. The number of aromatic nitrogens is 1. The largest absolute Gasteiger partial charge is 0.481 e. The quantitative estimate of drug-likeness (QED) is 0.842. The first kappa shape index (κ1) is 10.9.